The normalized spacial score (nSPS) is 18.2. The number of nitrogens with zero attached hydrogens (tertiary/aromatic N) is 3. The van der Waals surface area contributed by atoms with Gasteiger partial charge in [-0.2, -0.15) is 15.0 Å². The molecule has 8 heteroatoms. The standard InChI is InChI=1S/C13H26N2.C3Cl3N3/c1-6-7-8-14-11-9-12(2,3)15-13(4,5)10-11;4-1-7-2(5)9-3(6)8-1/h9,14-15H,6-8,10H2,1-5H3;. The van der Waals surface area contributed by atoms with Crippen LogP contribution in [0.2, 0.25) is 15.9 Å². The van der Waals surface area contributed by atoms with Gasteiger partial charge in [-0.05, 0) is 75.0 Å². The van der Waals surface area contributed by atoms with E-state index in [0.717, 1.165) is 13.0 Å². The number of rotatable bonds is 4. The molecule has 0 aliphatic carbocycles. The van der Waals surface area contributed by atoms with E-state index in [1.54, 1.807) is 0 Å². The first kappa shape index (κ1) is 21.4. The lowest BCUT2D eigenvalue weighted by Crippen LogP contribution is -2.55. The van der Waals surface area contributed by atoms with Gasteiger partial charge in [-0.15, -0.1) is 0 Å². The van der Waals surface area contributed by atoms with Crippen molar-refractivity contribution in [2.45, 2.75) is 65.0 Å². The Bertz CT molecular complexity index is 522. The predicted molar refractivity (Wildman–Crippen MR) is 102 cm³/mol. The fourth-order valence-electron chi connectivity index (χ4n) is 2.76. The first-order chi connectivity index (χ1) is 11.0. The van der Waals surface area contributed by atoms with Crippen molar-refractivity contribution in [2.75, 3.05) is 6.54 Å². The quantitative estimate of drug-likeness (QED) is 0.728. The molecule has 1 aromatic heterocycles. The molecule has 0 atom stereocenters. The van der Waals surface area contributed by atoms with Crippen LogP contribution in [-0.4, -0.2) is 32.6 Å². The Hall–Kier alpha value is -0.620. The molecule has 0 radical (unpaired) electrons. The molecular weight excluding hydrogens is 369 g/mol. The second-order valence-corrected chi connectivity index (χ2v) is 8.01. The lowest BCUT2D eigenvalue weighted by atomic mass is 9.86. The van der Waals surface area contributed by atoms with E-state index >= 15 is 0 Å². The van der Waals surface area contributed by atoms with E-state index in [-0.39, 0.29) is 26.9 Å². The van der Waals surface area contributed by atoms with E-state index in [9.17, 15) is 0 Å². The lowest BCUT2D eigenvalue weighted by Gasteiger charge is -2.41. The summed E-state index contributed by atoms with van der Waals surface area (Å²) in [4.78, 5) is 10.4. The lowest BCUT2D eigenvalue weighted by molar-refractivity contribution is 0.276. The highest BCUT2D eigenvalue weighted by Crippen LogP contribution is 2.26. The van der Waals surface area contributed by atoms with Gasteiger partial charge in [0, 0.05) is 29.7 Å². The van der Waals surface area contributed by atoms with Crippen molar-refractivity contribution in [2.24, 2.45) is 0 Å². The molecular formula is C16H26Cl3N5. The molecule has 0 unspecified atom stereocenters. The van der Waals surface area contributed by atoms with Gasteiger partial charge in [0.2, 0.25) is 15.9 Å². The monoisotopic (exact) mass is 393 g/mol. The summed E-state index contributed by atoms with van der Waals surface area (Å²) in [5, 5.41) is 7.19. The summed E-state index contributed by atoms with van der Waals surface area (Å²) in [7, 11) is 0. The van der Waals surface area contributed by atoms with Gasteiger partial charge in [0.15, 0.2) is 0 Å². The van der Waals surface area contributed by atoms with Gasteiger partial charge in [-0.1, -0.05) is 13.3 Å². The Balaban J connectivity index is 0.000000272. The molecule has 1 aliphatic heterocycles. The number of hydrogen-bond acceptors (Lipinski definition) is 5. The van der Waals surface area contributed by atoms with Crippen molar-refractivity contribution >= 4 is 34.8 Å². The van der Waals surface area contributed by atoms with Crippen molar-refractivity contribution in [3.8, 4) is 0 Å². The van der Waals surface area contributed by atoms with E-state index in [0.29, 0.717) is 0 Å². The Morgan fingerprint density at radius 3 is 1.96 bits per heavy atom. The summed E-state index contributed by atoms with van der Waals surface area (Å²) < 4.78 is 0. The highest BCUT2D eigenvalue weighted by Gasteiger charge is 2.31. The molecule has 0 amide bonds. The summed E-state index contributed by atoms with van der Waals surface area (Å²) in [5.41, 5.74) is 1.71. The molecule has 0 fully saturated rings. The van der Waals surface area contributed by atoms with Crippen LogP contribution in [0.25, 0.3) is 0 Å². The van der Waals surface area contributed by atoms with Gasteiger partial charge in [0.1, 0.15) is 0 Å². The van der Waals surface area contributed by atoms with Gasteiger partial charge in [0.25, 0.3) is 0 Å². The average molecular weight is 395 g/mol. The zero-order valence-corrected chi connectivity index (χ0v) is 17.1. The van der Waals surface area contributed by atoms with Gasteiger partial charge in [-0.3, -0.25) is 0 Å². The van der Waals surface area contributed by atoms with Crippen LogP contribution in [0, 0.1) is 0 Å². The van der Waals surface area contributed by atoms with E-state index in [1.165, 1.54) is 18.5 Å². The number of unbranched alkanes of at least 4 members (excludes halogenated alkanes) is 1. The first-order valence-corrected chi connectivity index (χ1v) is 9.14. The van der Waals surface area contributed by atoms with Crippen LogP contribution in [0.3, 0.4) is 0 Å². The molecule has 0 saturated heterocycles. The van der Waals surface area contributed by atoms with E-state index in [2.05, 4.69) is 66.3 Å². The first-order valence-electron chi connectivity index (χ1n) is 8.00. The SMILES string of the molecule is CCCCNC1=CC(C)(C)NC(C)(C)C1.Clc1nc(Cl)nc(Cl)n1. The number of aromatic nitrogens is 3. The molecule has 0 spiro atoms. The number of halogens is 3. The second kappa shape index (κ2) is 9.18. The van der Waals surface area contributed by atoms with E-state index < -0.39 is 0 Å². The molecule has 1 aliphatic rings. The minimum atomic E-state index is 0.000000000000000444. The molecule has 136 valence electrons. The van der Waals surface area contributed by atoms with Crippen molar-refractivity contribution < 1.29 is 0 Å². The van der Waals surface area contributed by atoms with Gasteiger partial charge < -0.3 is 10.6 Å². The van der Waals surface area contributed by atoms with Crippen LogP contribution in [0.5, 0.6) is 0 Å². The maximum Gasteiger partial charge on any atom is 0.227 e. The maximum atomic E-state index is 5.32. The Morgan fingerprint density at radius 2 is 1.54 bits per heavy atom. The number of hydrogen-bond donors (Lipinski definition) is 2. The largest absolute Gasteiger partial charge is 0.388 e. The van der Waals surface area contributed by atoms with Crippen molar-refractivity contribution in [1.82, 2.24) is 25.6 Å². The van der Waals surface area contributed by atoms with Crippen molar-refractivity contribution in [3.05, 3.63) is 27.6 Å². The van der Waals surface area contributed by atoms with Crippen LogP contribution < -0.4 is 10.6 Å². The van der Waals surface area contributed by atoms with Crippen LogP contribution in [0.1, 0.15) is 53.9 Å². The fourth-order valence-corrected chi connectivity index (χ4v) is 3.37. The van der Waals surface area contributed by atoms with Crippen LogP contribution in [0.4, 0.5) is 0 Å². The molecule has 2 heterocycles. The Kier molecular flexibility index (Phi) is 8.20. The summed E-state index contributed by atoms with van der Waals surface area (Å²) in [6, 6.07) is 0. The smallest absolute Gasteiger partial charge is 0.227 e. The minimum absolute atomic E-state index is 0.000000000000000444. The molecule has 1 aromatic rings. The second-order valence-electron chi connectivity index (χ2n) is 7.00. The van der Waals surface area contributed by atoms with E-state index in [1.807, 2.05) is 0 Å². The third kappa shape index (κ3) is 8.47. The summed E-state index contributed by atoms with van der Waals surface area (Å²) >= 11 is 16.0. The highest BCUT2D eigenvalue weighted by atomic mass is 35.5. The minimum Gasteiger partial charge on any atom is -0.388 e. The molecule has 0 aromatic carbocycles. The molecule has 0 bridgehead atoms. The number of nitrogens with one attached hydrogen (secondary N) is 2. The fraction of sp³-hybridized carbons (Fsp3) is 0.688. The zero-order valence-electron chi connectivity index (χ0n) is 14.9. The topological polar surface area (TPSA) is 62.7 Å². The third-order valence-electron chi connectivity index (χ3n) is 3.26. The summed E-state index contributed by atoms with van der Waals surface area (Å²) in [6.45, 7) is 12.3. The summed E-state index contributed by atoms with van der Waals surface area (Å²) in [6.07, 6.45) is 5.94. The van der Waals surface area contributed by atoms with Crippen LogP contribution in [-0.2, 0) is 0 Å². The van der Waals surface area contributed by atoms with Gasteiger partial charge >= 0.3 is 0 Å². The van der Waals surface area contributed by atoms with Gasteiger partial charge in [-0.25, -0.2) is 0 Å². The maximum absolute atomic E-state index is 5.32. The van der Waals surface area contributed by atoms with Crippen molar-refractivity contribution in [3.63, 3.8) is 0 Å². The summed E-state index contributed by atoms with van der Waals surface area (Å²) in [5.74, 6) is 0. The molecule has 0 saturated carbocycles. The molecule has 2 rings (SSSR count). The molecule has 2 N–H and O–H groups in total. The van der Waals surface area contributed by atoms with Crippen LogP contribution in [0.15, 0.2) is 11.8 Å². The molecule has 5 nitrogen and oxygen atoms in total. The van der Waals surface area contributed by atoms with E-state index in [4.69, 9.17) is 34.8 Å². The predicted octanol–water partition coefficient (Wildman–Crippen LogP) is 4.64. The Morgan fingerprint density at radius 1 is 1.04 bits per heavy atom. The highest BCUT2D eigenvalue weighted by molar-refractivity contribution is 6.33. The van der Waals surface area contributed by atoms with Crippen molar-refractivity contribution in [1.29, 1.82) is 0 Å². The Labute approximate surface area is 159 Å². The third-order valence-corrected chi connectivity index (χ3v) is 3.77. The van der Waals surface area contributed by atoms with Crippen LogP contribution >= 0.6 is 34.8 Å². The zero-order chi connectivity index (χ0) is 18.4. The molecule has 24 heavy (non-hydrogen) atoms. The van der Waals surface area contributed by atoms with Gasteiger partial charge in [0.05, 0.1) is 0 Å². The average Bonchev–Trinajstić information content (AvgIpc) is 2.34.